The fraction of sp³-hybridized carbons (Fsp3) is 0.375. The molecule has 220 valence electrons. The molecule has 0 aliphatic heterocycles. The summed E-state index contributed by atoms with van der Waals surface area (Å²) in [5.74, 6) is -0.440. The lowest BCUT2D eigenvalue weighted by Crippen LogP contribution is -2.50. The van der Waals surface area contributed by atoms with E-state index in [4.69, 9.17) is 11.6 Å². The van der Waals surface area contributed by atoms with E-state index in [0.717, 1.165) is 29.5 Å². The molecule has 3 rings (SSSR count). The first-order valence-electron chi connectivity index (χ1n) is 14.0. The Labute approximate surface area is 249 Å². The van der Waals surface area contributed by atoms with Gasteiger partial charge in [-0.3, -0.25) is 13.9 Å². The number of benzene rings is 3. The molecule has 9 heteroatoms. The van der Waals surface area contributed by atoms with Crippen molar-refractivity contribution in [3.8, 4) is 0 Å². The quantitative estimate of drug-likeness (QED) is 0.226. The normalized spacial score (nSPS) is 12.0. The van der Waals surface area contributed by atoms with E-state index in [-0.39, 0.29) is 31.3 Å². The predicted octanol–water partition coefficient (Wildman–Crippen LogP) is 5.75. The van der Waals surface area contributed by atoms with E-state index in [1.807, 2.05) is 67.6 Å². The van der Waals surface area contributed by atoms with Crippen molar-refractivity contribution in [3.63, 3.8) is 0 Å². The topological polar surface area (TPSA) is 86.8 Å². The Kier molecular flexibility index (Phi) is 12.2. The Bertz CT molecular complexity index is 1400. The average molecular weight is 598 g/mol. The van der Waals surface area contributed by atoms with E-state index in [2.05, 4.69) is 12.2 Å². The minimum Gasteiger partial charge on any atom is -0.354 e. The summed E-state index contributed by atoms with van der Waals surface area (Å²) < 4.78 is 26.6. The molecule has 0 fully saturated rings. The second-order valence-electron chi connectivity index (χ2n) is 10.3. The highest BCUT2D eigenvalue weighted by molar-refractivity contribution is 7.92. The maximum atomic E-state index is 13.9. The summed E-state index contributed by atoms with van der Waals surface area (Å²) in [7, 11) is -3.56. The number of amides is 2. The van der Waals surface area contributed by atoms with Crippen molar-refractivity contribution in [2.24, 2.45) is 0 Å². The summed E-state index contributed by atoms with van der Waals surface area (Å²) in [5, 5.41) is 3.56. The van der Waals surface area contributed by atoms with Crippen LogP contribution in [-0.2, 0) is 32.6 Å². The molecule has 1 atom stereocenters. The number of hydrogen-bond acceptors (Lipinski definition) is 4. The summed E-state index contributed by atoms with van der Waals surface area (Å²) >= 11 is 6.25. The zero-order valence-electron chi connectivity index (χ0n) is 24.1. The molecule has 0 radical (unpaired) electrons. The van der Waals surface area contributed by atoms with Gasteiger partial charge in [-0.05, 0) is 60.7 Å². The summed E-state index contributed by atoms with van der Waals surface area (Å²) in [6.45, 7) is 4.83. The van der Waals surface area contributed by atoms with Crippen LogP contribution in [0.2, 0.25) is 5.02 Å². The molecular formula is C32H40ClN3O4S. The molecule has 3 aromatic rings. The Morgan fingerprint density at radius 1 is 0.927 bits per heavy atom. The Balaban J connectivity index is 1.87. The number of unbranched alkanes of at least 4 members (excludes halogenated alkanes) is 1. The zero-order valence-corrected chi connectivity index (χ0v) is 25.6. The molecule has 0 saturated heterocycles. The Hall–Kier alpha value is -3.36. The summed E-state index contributed by atoms with van der Waals surface area (Å²) in [6, 6.07) is 23.4. The number of rotatable bonds is 15. The number of anilines is 1. The molecule has 0 aliphatic carbocycles. The number of halogens is 1. The number of sulfonamides is 1. The maximum Gasteiger partial charge on any atom is 0.243 e. The molecule has 0 bridgehead atoms. The van der Waals surface area contributed by atoms with Gasteiger partial charge in [0.15, 0.2) is 0 Å². The van der Waals surface area contributed by atoms with Crippen LogP contribution in [0.25, 0.3) is 0 Å². The number of carbonyl (C=O) groups is 2. The van der Waals surface area contributed by atoms with Crippen LogP contribution < -0.4 is 9.62 Å². The van der Waals surface area contributed by atoms with Gasteiger partial charge in [-0.1, -0.05) is 79.5 Å². The van der Waals surface area contributed by atoms with E-state index < -0.39 is 16.1 Å². The van der Waals surface area contributed by atoms with Crippen molar-refractivity contribution in [2.75, 3.05) is 23.7 Å². The molecule has 0 heterocycles. The number of nitrogens with one attached hydrogen (secondary N) is 1. The van der Waals surface area contributed by atoms with Crippen LogP contribution in [0.1, 0.15) is 49.3 Å². The van der Waals surface area contributed by atoms with Gasteiger partial charge in [0.25, 0.3) is 0 Å². The standard InChI is InChI=1S/C32H40ClN3O4S/c1-4-5-19-34-32(38)30(23-26-13-7-6-8-14-26)35(24-27-15-10-16-28(33)22-27)31(37)18-11-20-36(41(3,39)40)29-17-9-12-25(2)21-29/h6-10,12-17,21-22,30H,4-5,11,18-20,23-24H2,1-3H3,(H,34,38)/t30-/m1/s1. The first kappa shape index (κ1) is 32.2. The fourth-order valence-electron chi connectivity index (χ4n) is 4.68. The van der Waals surface area contributed by atoms with E-state index in [9.17, 15) is 18.0 Å². The highest BCUT2D eigenvalue weighted by atomic mass is 35.5. The van der Waals surface area contributed by atoms with Gasteiger partial charge in [0, 0.05) is 37.5 Å². The average Bonchev–Trinajstić information content (AvgIpc) is 2.93. The predicted molar refractivity (Wildman–Crippen MR) is 166 cm³/mol. The van der Waals surface area contributed by atoms with E-state index in [0.29, 0.717) is 30.1 Å². The van der Waals surface area contributed by atoms with Crippen LogP contribution in [0.5, 0.6) is 0 Å². The maximum absolute atomic E-state index is 13.9. The Morgan fingerprint density at radius 3 is 2.29 bits per heavy atom. The molecular weight excluding hydrogens is 558 g/mol. The highest BCUT2D eigenvalue weighted by Gasteiger charge is 2.30. The molecule has 0 aromatic heterocycles. The third-order valence-corrected chi connectivity index (χ3v) is 8.21. The molecule has 0 unspecified atom stereocenters. The lowest BCUT2D eigenvalue weighted by atomic mass is 10.0. The van der Waals surface area contributed by atoms with E-state index in [1.54, 1.807) is 23.1 Å². The van der Waals surface area contributed by atoms with Gasteiger partial charge < -0.3 is 10.2 Å². The second kappa shape index (κ2) is 15.6. The summed E-state index contributed by atoms with van der Waals surface area (Å²) in [6.07, 6.45) is 3.66. The van der Waals surface area contributed by atoms with Crippen molar-refractivity contribution in [3.05, 3.63) is 101 Å². The molecule has 1 N–H and O–H groups in total. The van der Waals surface area contributed by atoms with Gasteiger partial charge in [0.05, 0.1) is 11.9 Å². The fourth-order valence-corrected chi connectivity index (χ4v) is 5.85. The number of carbonyl (C=O) groups excluding carboxylic acids is 2. The van der Waals surface area contributed by atoms with Crippen molar-refractivity contribution in [1.82, 2.24) is 10.2 Å². The van der Waals surface area contributed by atoms with Crippen LogP contribution >= 0.6 is 11.6 Å². The van der Waals surface area contributed by atoms with Crippen molar-refractivity contribution in [2.45, 2.75) is 58.5 Å². The lowest BCUT2D eigenvalue weighted by Gasteiger charge is -2.32. The van der Waals surface area contributed by atoms with Gasteiger partial charge in [-0.2, -0.15) is 0 Å². The number of aryl methyl sites for hydroxylation is 1. The molecule has 7 nitrogen and oxygen atoms in total. The summed E-state index contributed by atoms with van der Waals surface area (Å²) in [5.41, 5.74) is 3.25. The number of nitrogens with zero attached hydrogens (tertiary/aromatic N) is 2. The van der Waals surface area contributed by atoms with Crippen LogP contribution in [0, 0.1) is 6.92 Å². The zero-order chi connectivity index (χ0) is 29.8. The van der Waals surface area contributed by atoms with Crippen molar-refractivity contribution in [1.29, 1.82) is 0 Å². The Morgan fingerprint density at radius 2 is 1.63 bits per heavy atom. The summed E-state index contributed by atoms with van der Waals surface area (Å²) in [4.78, 5) is 29.0. The van der Waals surface area contributed by atoms with Crippen LogP contribution in [0.4, 0.5) is 5.69 Å². The van der Waals surface area contributed by atoms with Crippen molar-refractivity contribution >= 4 is 39.1 Å². The molecule has 0 aliphatic rings. The van der Waals surface area contributed by atoms with Crippen LogP contribution in [0.15, 0.2) is 78.9 Å². The van der Waals surface area contributed by atoms with Crippen molar-refractivity contribution < 1.29 is 18.0 Å². The molecule has 41 heavy (non-hydrogen) atoms. The second-order valence-corrected chi connectivity index (χ2v) is 12.6. The first-order chi connectivity index (χ1) is 19.6. The van der Waals surface area contributed by atoms with E-state index in [1.165, 1.54) is 10.6 Å². The largest absolute Gasteiger partial charge is 0.354 e. The van der Waals surface area contributed by atoms with Crippen LogP contribution in [0.3, 0.4) is 0 Å². The number of hydrogen-bond donors (Lipinski definition) is 1. The molecule has 0 saturated carbocycles. The first-order valence-corrected chi connectivity index (χ1v) is 16.2. The molecule has 3 aromatic carbocycles. The third kappa shape index (κ3) is 10.2. The smallest absolute Gasteiger partial charge is 0.243 e. The highest BCUT2D eigenvalue weighted by Crippen LogP contribution is 2.22. The van der Waals surface area contributed by atoms with Gasteiger partial charge >= 0.3 is 0 Å². The van der Waals surface area contributed by atoms with Gasteiger partial charge in [0.2, 0.25) is 21.8 Å². The SMILES string of the molecule is CCCCNC(=O)[C@@H](Cc1ccccc1)N(Cc1cccc(Cl)c1)C(=O)CCCN(c1cccc(C)c1)S(C)(=O)=O. The van der Waals surface area contributed by atoms with Gasteiger partial charge in [-0.15, -0.1) is 0 Å². The van der Waals surface area contributed by atoms with Crippen LogP contribution in [-0.4, -0.2) is 50.5 Å². The third-order valence-electron chi connectivity index (χ3n) is 6.78. The minimum atomic E-state index is -3.56. The lowest BCUT2D eigenvalue weighted by molar-refractivity contribution is -0.141. The monoisotopic (exact) mass is 597 g/mol. The van der Waals surface area contributed by atoms with E-state index >= 15 is 0 Å². The molecule has 0 spiro atoms. The minimum absolute atomic E-state index is 0.0753. The molecule has 2 amide bonds. The van der Waals surface area contributed by atoms with Gasteiger partial charge in [-0.25, -0.2) is 8.42 Å². The van der Waals surface area contributed by atoms with Gasteiger partial charge in [0.1, 0.15) is 6.04 Å².